The SMILES string of the molecule is CC(C)(O)C(C)(C)OBc1cc2c(-c3ccc4ccccc4c3)nc3ccccc3c2c2nc(-c3ccccc3)c(-c3ccccc3)nc12. The zero-order valence-electron chi connectivity index (χ0n) is 28.1. The molecule has 8 rings (SSSR count). The average Bonchev–Trinajstić information content (AvgIpc) is 3.13. The third-order valence-corrected chi connectivity index (χ3v) is 9.86. The van der Waals surface area contributed by atoms with E-state index in [1.165, 1.54) is 5.39 Å². The fourth-order valence-corrected chi connectivity index (χ4v) is 6.39. The highest BCUT2D eigenvalue weighted by molar-refractivity contribution is 6.52. The van der Waals surface area contributed by atoms with Crippen LogP contribution in [0.25, 0.3) is 77.3 Å². The number of aliphatic hydroxyl groups is 1. The topological polar surface area (TPSA) is 68.1 Å². The molecule has 0 aliphatic rings. The molecule has 0 aliphatic carbocycles. The summed E-state index contributed by atoms with van der Waals surface area (Å²) in [5.41, 5.74) is 6.89. The summed E-state index contributed by atoms with van der Waals surface area (Å²) in [7, 11) is 0.223. The van der Waals surface area contributed by atoms with Crippen LogP contribution in [0, 0.1) is 0 Å². The average molecular weight is 638 g/mol. The van der Waals surface area contributed by atoms with E-state index in [-0.39, 0.29) is 7.48 Å². The lowest BCUT2D eigenvalue weighted by Gasteiger charge is -2.37. The van der Waals surface area contributed by atoms with Gasteiger partial charge in [0.25, 0.3) is 0 Å². The minimum Gasteiger partial charge on any atom is -0.427 e. The van der Waals surface area contributed by atoms with E-state index in [9.17, 15) is 5.11 Å². The maximum absolute atomic E-state index is 11.0. The Labute approximate surface area is 286 Å². The van der Waals surface area contributed by atoms with Gasteiger partial charge in [-0.2, -0.15) is 0 Å². The van der Waals surface area contributed by atoms with Crippen LogP contribution in [0.2, 0.25) is 0 Å². The molecule has 0 fully saturated rings. The zero-order chi connectivity index (χ0) is 33.8. The van der Waals surface area contributed by atoms with Crippen molar-refractivity contribution in [1.82, 2.24) is 15.0 Å². The Balaban J connectivity index is 1.51. The summed E-state index contributed by atoms with van der Waals surface area (Å²) in [6.45, 7) is 7.39. The second-order valence-electron chi connectivity index (χ2n) is 13.7. The second kappa shape index (κ2) is 11.9. The molecule has 49 heavy (non-hydrogen) atoms. The van der Waals surface area contributed by atoms with Gasteiger partial charge >= 0.3 is 7.48 Å². The summed E-state index contributed by atoms with van der Waals surface area (Å²) in [5.74, 6) is 0. The van der Waals surface area contributed by atoms with Gasteiger partial charge in [-0.05, 0) is 56.1 Å². The molecule has 0 atom stereocenters. The Kier molecular flexibility index (Phi) is 7.51. The number of para-hydroxylation sites is 1. The maximum Gasteiger partial charge on any atom is 0.311 e. The summed E-state index contributed by atoms with van der Waals surface area (Å²) < 4.78 is 6.55. The molecule has 0 bridgehead atoms. The first kappa shape index (κ1) is 30.9. The van der Waals surface area contributed by atoms with Crippen LogP contribution in [0.1, 0.15) is 27.7 Å². The van der Waals surface area contributed by atoms with E-state index in [0.29, 0.717) is 0 Å². The Bertz CT molecular complexity index is 2510. The van der Waals surface area contributed by atoms with Crippen molar-refractivity contribution in [2.75, 3.05) is 0 Å². The van der Waals surface area contributed by atoms with Gasteiger partial charge in [0.05, 0.1) is 44.8 Å². The molecule has 8 aromatic rings. The number of pyridine rings is 1. The van der Waals surface area contributed by atoms with Gasteiger partial charge in [0, 0.05) is 32.8 Å². The summed E-state index contributed by atoms with van der Waals surface area (Å²) in [5, 5.41) is 16.3. The predicted molar refractivity (Wildman–Crippen MR) is 204 cm³/mol. The van der Waals surface area contributed by atoms with Gasteiger partial charge in [-0.15, -0.1) is 0 Å². The smallest absolute Gasteiger partial charge is 0.311 e. The van der Waals surface area contributed by atoms with Gasteiger partial charge in [0.2, 0.25) is 0 Å². The van der Waals surface area contributed by atoms with Crippen LogP contribution in [0.4, 0.5) is 0 Å². The number of aromatic nitrogens is 3. The molecule has 2 heterocycles. The maximum atomic E-state index is 11.0. The van der Waals surface area contributed by atoms with Crippen LogP contribution >= 0.6 is 0 Å². The van der Waals surface area contributed by atoms with Crippen molar-refractivity contribution in [3.63, 3.8) is 0 Å². The monoisotopic (exact) mass is 637 g/mol. The number of hydrogen-bond acceptors (Lipinski definition) is 5. The number of hydrogen-bond donors (Lipinski definition) is 1. The van der Waals surface area contributed by atoms with Crippen molar-refractivity contribution in [3.05, 3.63) is 133 Å². The third kappa shape index (κ3) is 5.53. The summed E-state index contributed by atoms with van der Waals surface area (Å²) >= 11 is 0. The molecule has 0 radical (unpaired) electrons. The van der Waals surface area contributed by atoms with Crippen LogP contribution in [0.15, 0.2) is 133 Å². The first-order valence-corrected chi connectivity index (χ1v) is 16.7. The lowest BCUT2D eigenvalue weighted by molar-refractivity contribution is -0.0893. The van der Waals surface area contributed by atoms with Crippen LogP contribution in [0.3, 0.4) is 0 Å². The van der Waals surface area contributed by atoms with Crippen molar-refractivity contribution in [3.8, 4) is 33.8 Å². The Morgan fingerprint density at radius 1 is 0.531 bits per heavy atom. The molecular formula is C43H36BN3O2. The summed E-state index contributed by atoms with van der Waals surface area (Å²) in [6, 6.07) is 45.8. The normalized spacial score (nSPS) is 12.3. The summed E-state index contributed by atoms with van der Waals surface area (Å²) in [4.78, 5) is 16.3. The molecule has 0 unspecified atom stereocenters. The van der Waals surface area contributed by atoms with Crippen molar-refractivity contribution in [2.24, 2.45) is 0 Å². The molecule has 0 amide bonds. The minimum atomic E-state index is -1.07. The molecule has 6 aromatic carbocycles. The standard InChI is InChI=1S/C43H36BN3O2/c1-42(2,48)43(3,4)49-44-34-26-33-36(32-21-13-14-22-35(32)45-37(33)31-24-23-27-15-11-12-20-30(27)25-31)41-40(34)46-38(28-16-7-5-8-17-28)39(47-41)29-18-9-6-10-19-29/h5-26,44,48H,1-4H3. The van der Waals surface area contributed by atoms with Gasteiger partial charge < -0.3 is 9.76 Å². The van der Waals surface area contributed by atoms with Crippen molar-refractivity contribution in [1.29, 1.82) is 0 Å². The molecular weight excluding hydrogens is 601 g/mol. The fourth-order valence-electron chi connectivity index (χ4n) is 6.39. The van der Waals surface area contributed by atoms with Gasteiger partial charge in [-0.1, -0.05) is 121 Å². The predicted octanol–water partition coefficient (Wildman–Crippen LogP) is 9.03. The Morgan fingerprint density at radius 2 is 1.12 bits per heavy atom. The highest BCUT2D eigenvalue weighted by Crippen LogP contribution is 2.39. The van der Waals surface area contributed by atoms with Gasteiger partial charge in [-0.25, -0.2) is 15.0 Å². The highest BCUT2D eigenvalue weighted by atomic mass is 16.5. The van der Waals surface area contributed by atoms with E-state index < -0.39 is 11.2 Å². The first-order chi connectivity index (χ1) is 23.7. The Hall–Kier alpha value is -5.43. The van der Waals surface area contributed by atoms with Crippen LogP contribution in [0.5, 0.6) is 0 Å². The van der Waals surface area contributed by atoms with Crippen molar-refractivity contribution >= 4 is 56.4 Å². The number of fused-ring (bicyclic) bond motifs is 6. The quantitative estimate of drug-likeness (QED) is 0.140. The van der Waals surface area contributed by atoms with E-state index >= 15 is 0 Å². The largest absolute Gasteiger partial charge is 0.427 e. The molecule has 238 valence electrons. The molecule has 6 heteroatoms. The van der Waals surface area contributed by atoms with Crippen molar-refractivity contribution < 1.29 is 9.76 Å². The van der Waals surface area contributed by atoms with Crippen molar-refractivity contribution in [2.45, 2.75) is 38.9 Å². The second-order valence-corrected chi connectivity index (χ2v) is 13.7. The zero-order valence-corrected chi connectivity index (χ0v) is 28.1. The molecule has 5 nitrogen and oxygen atoms in total. The van der Waals surface area contributed by atoms with Crippen LogP contribution in [-0.4, -0.2) is 38.7 Å². The Morgan fingerprint density at radius 3 is 1.80 bits per heavy atom. The minimum absolute atomic E-state index is 0.223. The number of benzene rings is 6. The van der Waals surface area contributed by atoms with E-state index in [1.54, 1.807) is 13.8 Å². The van der Waals surface area contributed by atoms with E-state index in [0.717, 1.165) is 77.3 Å². The molecule has 0 spiro atoms. The van der Waals surface area contributed by atoms with Gasteiger partial charge in [0.1, 0.15) is 0 Å². The number of rotatable bonds is 7. The first-order valence-electron chi connectivity index (χ1n) is 16.7. The lowest BCUT2D eigenvalue weighted by atomic mass is 9.80. The van der Waals surface area contributed by atoms with E-state index in [1.807, 2.05) is 56.3 Å². The fraction of sp³-hybridized carbons (Fsp3) is 0.140. The lowest BCUT2D eigenvalue weighted by Crippen LogP contribution is -2.49. The van der Waals surface area contributed by atoms with Crippen LogP contribution < -0.4 is 5.46 Å². The molecule has 0 saturated carbocycles. The molecule has 0 aliphatic heterocycles. The number of nitrogens with zero attached hydrogens (tertiary/aromatic N) is 3. The summed E-state index contributed by atoms with van der Waals surface area (Å²) in [6.07, 6.45) is 0. The van der Waals surface area contributed by atoms with Gasteiger partial charge in [0.15, 0.2) is 0 Å². The molecule has 0 saturated heterocycles. The molecule has 1 N–H and O–H groups in total. The molecule has 2 aromatic heterocycles. The van der Waals surface area contributed by atoms with E-state index in [2.05, 4.69) is 91.0 Å². The highest BCUT2D eigenvalue weighted by Gasteiger charge is 2.36. The van der Waals surface area contributed by atoms with Gasteiger partial charge in [-0.3, -0.25) is 0 Å². The van der Waals surface area contributed by atoms with E-state index in [4.69, 9.17) is 19.6 Å². The van der Waals surface area contributed by atoms with Crippen LogP contribution in [-0.2, 0) is 4.65 Å². The third-order valence-electron chi connectivity index (χ3n) is 9.86.